The van der Waals surface area contributed by atoms with Crippen LogP contribution in [0.1, 0.15) is 44.9 Å². The highest BCUT2D eigenvalue weighted by Gasteiger charge is 2.37. The third kappa shape index (κ3) is 3.54. The smallest absolute Gasteiger partial charge is 0.223 e. The van der Waals surface area contributed by atoms with Gasteiger partial charge in [0.1, 0.15) is 6.10 Å². The second kappa shape index (κ2) is 7.03. The van der Waals surface area contributed by atoms with Crippen LogP contribution in [0, 0.1) is 5.92 Å². The maximum atomic E-state index is 12.2. The Bertz CT molecular complexity index is 505. The fourth-order valence-electron chi connectivity index (χ4n) is 3.34. The first-order valence-electron chi connectivity index (χ1n) is 8.36. The summed E-state index contributed by atoms with van der Waals surface area (Å²) in [7, 11) is 1.64. The molecule has 2 aliphatic carbocycles. The Morgan fingerprint density at radius 1 is 1.09 bits per heavy atom. The molecule has 4 heteroatoms. The van der Waals surface area contributed by atoms with Gasteiger partial charge in [0, 0.05) is 12.0 Å². The fourth-order valence-corrected chi connectivity index (χ4v) is 3.34. The first kappa shape index (κ1) is 15.2. The highest BCUT2D eigenvalue weighted by Crippen LogP contribution is 2.35. The number of carbonyl (C=O) groups excluding carboxylic acids is 1. The molecule has 2 saturated carbocycles. The van der Waals surface area contributed by atoms with E-state index in [4.69, 9.17) is 9.47 Å². The van der Waals surface area contributed by atoms with Crippen molar-refractivity contribution in [1.29, 1.82) is 0 Å². The zero-order chi connectivity index (χ0) is 15.4. The van der Waals surface area contributed by atoms with Gasteiger partial charge in [-0.3, -0.25) is 4.79 Å². The number of amides is 1. The number of methoxy groups -OCH3 is 1. The summed E-state index contributed by atoms with van der Waals surface area (Å²) < 4.78 is 11.2. The summed E-state index contributed by atoms with van der Waals surface area (Å²) in [6.45, 7) is 0. The zero-order valence-electron chi connectivity index (χ0n) is 13.2. The van der Waals surface area contributed by atoms with Gasteiger partial charge in [0.05, 0.1) is 7.11 Å². The predicted molar refractivity (Wildman–Crippen MR) is 85.1 cm³/mol. The third-order valence-electron chi connectivity index (χ3n) is 4.78. The van der Waals surface area contributed by atoms with Crippen LogP contribution in [0.25, 0.3) is 0 Å². The van der Waals surface area contributed by atoms with Gasteiger partial charge in [0.25, 0.3) is 0 Å². The van der Waals surface area contributed by atoms with Crippen LogP contribution in [0.2, 0.25) is 0 Å². The van der Waals surface area contributed by atoms with Gasteiger partial charge in [-0.05, 0) is 37.8 Å². The second-order valence-corrected chi connectivity index (χ2v) is 6.40. The van der Waals surface area contributed by atoms with E-state index >= 15 is 0 Å². The lowest BCUT2D eigenvalue weighted by Gasteiger charge is -2.36. The largest absolute Gasteiger partial charge is 0.493 e. The van der Waals surface area contributed by atoms with E-state index in [0.29, 0.717) is 6.04 Å². The lowest BCUT2D eigenvalue weighted by atomic mass is 9.81. The van der Waals surface area contributed by atoms with E-state index < -0.39 is 0 Å². The van der Waals surface area contributed by atoms with Gasteiger partial charge in [-0.2, -0.15) is 0 Å². The molecule has 2 aliphatic rings. The Kier molecular flexibility index (Phi) is 4.86. The molecular formula is C18H25NO3. The Morgan fingerprint density at radius 2 is 1.77 bits per heavy atom. The Morgan fingerprint density at radius 3 is 2.45 bits per heavy atom. The summed E-state index contributed by atoms with van der Waals surface area (Å²) in [6.07, 6.45) is 7.81. The molecule has 0 spiro atoms. The molecule has 0 aromatic heterocycles. The molecule has 0 heterocycles. The quantitative estimate of drug-likeness (QED) is 0.908. The van der Waals surface area contributed by atoms with Crippen LogP contribution in [0.5, 0.6) is 11.5 Å². The number of carbonyl (C=O) groups is 1. The number of hydrogen-bond donors (Lipinski definition) is 1. The van der Waals surface area contributed by atoms with E-state index in [0.717, 1.165) is 37.2 Å². The molecule has 0 saturated heterocycles. The van der Waals surface area contributed by atoms with E-state index in [1.165, 1.54) is 19.3 Å². The highest BCUT2D eigenvalue weighted by atomic mass is 16.5. The van der Waals surface area contributed by atoms with E-state index in [1.54, 1.807) is 7.11 Å². The summed E-state index contributed by atoms with van der Waals surface area (Å²) in [4.78, 5) is 12.2. The van der Waals surface area contributed by atoms with Crippen LogP contribution in [0.4, 0.5) is 0 Å². The van der Waals surface area contributed by atoms with Crippen molar-refractivity contribution >= 4 is 5.91 Å². The normalized spacial score (nSPS) is 25.1. The van der Waals surface area contributed by atoms with Gasteiger partial charge < -0.3 is 14.8 Å². The summed E-state index contributed by atoms with van der Waals surface area (Å²) >= 11 is 0. The van der Waals surface area contributed by atoms with E-state index in [1.807, 2.05) is 24.3 Å². The number of ether oxygens (including phenoxy) is 2. The Hall–Kier alpha value is -1.71. The average Bonchev–Trinajstić information content (AvgIpc) is 2.51. The number of nitrogens with one attached hydrogen (secondary N) is 1. The average molecular weight is 303 g/mol. The van der Waals surface area contributed by atoms with Crippen molar-refractivity contribution in [2.45, 2.75) is 57.1 Å². The fraction of sp³-hybridized carbons (Fsp3) is 0.611. The standard InChI is InChI=1S/C18H25NO3/c1-21-16-9-5-6-10-17(16)22-15-11-13(12-15)18(20)19-14-7-3-2-4-8-14/h5-6,9-10,13-15H,2-4,7-8,11-12H2,1H3,(H,19,20). The van der Waals surface area contributed by atoms with Gasteiger partial charge in [0.2, 0.25) is 5.91 Å². The summed E-state index contributed by atoms with van der Waals surface area (Å²) in [6, 6.07) is 8.06. The lowest BCUT2D eigenvalue weighted by Crippen LogP contribution is -2.47. The van der Waals surface area contributed by atoms with Crippen molar-refractivity contribution in [3.8, 4) is 11.5 Å². The molecular weight excluding hydrogens is 278 g/mol. The molecule has 4 nitrogen and oxygen atoms in total. The zero-order valence-corrected chi connectivity index (χ0v) is 13.2. The van der Waals surface area contributed by atoms with Crippen LogP contribution < -0.4 is 14.8 Å². The van der Waals surface area contributed by atoms with E-state index in [2.05, 4.69) is 5.32 Å². The summed E-state index contributed by atoms with van der Waals surface area (Å²) in [5, 5.41) is 3.21. The SMILES string of the molecule is COc1ccccc1OC1CC(C(=O)NC2CCCCC2)C1. The lowest BCUT2D eigenvalue weighted by molar-refractivity contribution is -0.131. The monoisotopic (exact) mass is 303 g/mol. The Balaban J connectivity index is 1.44. The Labute approximate surface area is 132 Å². The molecule has 1 N–H and O–H groups in total. The van der Waals surface area contributed by atoms with Crippen molar-refractivity contribution < 1.29 is 14.3 Å². The van der Waals surface area contributed by atoms with Gasteiger partial charge in [0.15, 0.2) is 11.5 Å². The van der Waals surface area contributed by atoms with Gasteiger partial charge in [-0.1, -0.05) is 31.4 Å². The summed E-state index contributed by atoms with van der Waals surface area (Å²) in [5.74, 6) is 1.84. The molecule has 2 fully saturated rings. The maximum absolute atomic E-state index is 12.2. The first-order valence-corrected chi connectivity index (χ1v) is 8.36. The molecule has 0 aliphatic heterocycles. The molecule has 0 bridgehead atoms. The van der Waals surface area contributed by atoms with Crippen molar-refractivity contribution in [3.05, 3.63) is 24.3 Å². The predicted octanol–water partition coefficient (Wildman–Crippen LogP) is 3.30. The van der Waals surface area contributed by atoms with Crippen LogP contribution in [-0.4, -0.2) is 25.2 Å². The second-order valence-electron chi connectivity index (χ2n) is 6.40. The van der Waals surface area contributed by atoms with Crippen LogP contribution in [0.15, 0.2) is 24.3 Å². The van der Waals surface area contributed by atoms with Crippen LogP contribution in [0.3, 0.4) is 0 Å². The topological polar surface area (TPSA) is 47.6 Å². The molecule has 0 radical (unpaired) electrons. The molecule has 3 rings (SSSR count). The van der Waals surface area contributed by atoms with E-state index in [-0.39, 0.29) is 17.9 Å². The van der Waals surface area contributed by atoms with Gasteiger partial charge in [-0.25, -0.2) is 0 Å². The van der Waals surface area contributed by atoms with Crippen molar-refractivity contribution in [2.24, 2.45) is 5.92 Å². The highest BCUT2D eigenvalue weighted by molar-refractivity contribution is 5.80. The molecule has 1 aromatic carbocycles. The maximum Gasteiger partial charge on any atom is 0.223 e. The molecule has 0 atom stereocenters. The van der Waals surface area contributed by atoms with Gasteiger partial charge in [-0.15, -0.1) is 0 Å². The van der Waals surface area contributed by atoms with Crippen molar-refractivity contribution in [3.63, 3.8) is 0 Å². The van der Waals surface area contributed by atoms with Gasteiger partial charge >= 0.3 is 0 Å². The molecule has 0 unspecified atom stereocenters. The van der Waals surface area contributed by atoms with E-state index in [9.17, 15) is 4.79 Å². The molecule has 1 aromatic rings. The number of hydrogen-bond acceptors (Lipinski definition) is 3. The minimum absolute atomic E-state index is 0.113. The van der Waals surface area contributed by atoms with Crippen molar-refractivity contribution in [1.82, 2.24) is 5.32 Å². The molecule has 22 heavy (non-hydrogen) atoms. The van der Waals surface area contributed by atoms with Crippen LogP contribution >= 0.6 is 0 Å². The third-order valence-corrected chi connectivity index (χ3v) is 4.78. The molecule has 1 amide bonds. The minimum atomic E-state index is 0.113. The number of benzene rings is 1. The first-order chi connectivity index (χ1) is 10.8. The molecule has 120 valence electrons. The summed E-state index contributed by atoms with van der Waals surface area (Å²) in [5.41, 5.74) is 0. The minimum Gasteiger partial charge on any atom is -0.493 e. The number of rotatable bonds is 5. The van der Waals surface area contributed by atoms with Crippen molar-refractivity contribution in [2.75, 3.05) is 7.11 Å². The van der Waals surface area contributed by atoms with Crippen LogP contribution in [-0.2, 0) is 4.79 Å². The number of para-hydroxylation sites is 2.